The van der Waals surface area contributed by atoms with Crippen molar-refractivity contribution in [2.45, 2.75) is 0 Å². The second kappa shape index (κ2) is 8.00. The highest BCUT2D eigenvalue weighted by Crippen LogP contribution is 2.31. The molecule has 3 rings (SSSR count). The van der Waals surface area contributed by atoms with Crippen molar-refractivity contribution in [3.63, 3.8) is 0 Å². The van der Waals surface area contributed by atoms with Gasteiger partial charge in [0.25, 0.3) is 5.89 Å². The van der Waals surface area contributed by atoms with Crippen LogP contribution in [0.25, 0.3) is 22.5 Å². The van der Waals surface area contributed by atoms with Gasteiger partial charge < -0.3 is 14.0 Å². The first kappa shape index (κ1) is 17.3. The average molecular weight is 375 g/mol. The van der Waals surface area contributed by atoms with E-state index in [0.29, 0.717) is 29.0 Å². The lowest BCUT2D eigenvalue weighted by atomic mass is 10.2. The summed E-state index contributed by atoms with van der Waals surface area (Å²) in [6.07, 6.45) is 3.40. The van der Waals surface area contributed by atoms with E-state index in [1.165, 1.54) is 0 Å². The first-order valence-corrected chi connectivity index (χ1v) is 8.69. The lowest BCUT2D eigenvalue weighted by Gasteiger charge is -2.09. The molecule has 0 aliphatic rings. The molecule has 0 radical (unpaired) electrons. The molecule has 0 amide bonds. The molecule has 0 unspecified atom stereocenters. The standard InChI is InChI=1S/C18H15ClN2O3S/c1-3-7-23-15-5-4-12(10-16(15)22-2)9-14(19)18-20-17(21-24-18)13-6-8-25-11-13/h3-6,8-11H,1,7H2,2H3/b14-9-. The Bertz CT molecular complexity index is 888. The molecule has 0 saturated carbocycles. The molecule has 2 aromatic heterocycles. The van der Waals surface area contributed by atoms with Crippen LogP contribution in [0.3, 0.4) is 0 Å². The molecule has 0 N–H and O–H groups in total. The number of thiophene rings is 1. The molecule has 0 fully saturated rings. The van der Waals surface area contributed by atoms with Gasteiger partial charge in [-0.1, -0.05) is 35.5 Å². The van der Waals surface area contributed by atoms with Crippen molar-refractivity contribution in [3.05, 3.63) is 59.1 Å². The van der Waals surface area contributed by atoms with Gasteiger partial charge in [-0.2, -0.15) is 16.3 Å². The van der Waals surface area contributed by atoms with E-state index in [4.69, 9.17) is 25.6 Å². The van der Waals surface area contributed by atoms with Crippen molar-refractivity contribution in [3.8, 4) is 22.9 Å². The highest BCUT2D eigenvalue weighted by atomic mass is 35.5. The smallest absolute Gasteiger partial charge is 0.269 e. The second-order valence-electron chi connectivity index (χ2n) is 4.94. The Balaban J connectivity index is 1.83. The van der Waals surface area contributed by atoms with Gasteiger partial charge in [-0.25, -0.2) is 0 Å². The van der Waals surface area contributed by atoms with Crippen LogP contribution >= 0.6 is 22.9 Å². The minimum atomic E-state index is 0.258. The maximum atomic E-state index is 6.32. The van der Waals surface area contributed by atoms with Gasteiger partial charge in [-0.15, -0.1) is 0 Å². The zero-order valence-electron chi connectivity index (χ0n) is 13.4. The molecular formula is C18H15ClN2O3S. The maximum absolute atomic E-state index is 6.32. The van der Waals surface area contributed by atoms with Gasteiger partial charge in [0.2, 0.25) is 5.82 Å². The van der Waals surface area contributed by atoms with Gasteiger partial charge in [0.15, 0.2) is 11.5 Å². The summed E-state index contributed by atoms with van der Waals surface area (Å²) >= 11 is 7.88. The van der Waals surface area contributed by atoms with Crippen molar-refractivity contribution in [1.82, 2.24) is 10.1 Å². The first-order chi connectivity index (χ1) is 12.2. The van der Waals surface area contributed by atoms with Crippen LogP contribution in [0.15, 0.2) is 52.2 Å². The van der Waals surface area contributed by atoms with Crippen LogP contribution in [0, 0.1) is 0 Å². The number of nitrogens with zero attached hydrogens (tertiary/aromatic N) is 2. The highest BCUT2D eigenvalue weighted by molar-refractivity contribution is 7.08. The number of benzene rings is 1. The third-order valence-electron chi connectivity index (χ3n) is 3.25. The van der Waals surface area contributed by atoms with Crippen LogP contribution in [0.5, 0.6) is 11.5 Å². The van der Waals surface area contributed by atoms with Crippen LogP contribution in [-0.4, -0.2) is 23.9 Å². The van der Waals surface area contributed by atoms with Gasteiger partial charge in [0.05, 0.1) is 7.11 Å². The topological polar surface area (TPSA) is 57.4 Å². The van der Waals surface area contributed by atoms with E-state index in [0.717, 1.165) is 11.1 Å². The van der Waals surface area contributed by atoms with Gasteiger partial charge >= 0.3 is 0 Å². The number of hydrogen-bond acceptors (Lipinski definition) is 6. The van der Waals surface area contributed by atoms with Gasteiger partial charge in [-0.3, -0.25) is 0 Å². The summed E-state index contributed by atoms with van der Waals surface area (Å²) < 4.78 is 16.1. The monoisotopic (exact) mass is 374 g/mol. The first-order valence-electron chi connectivity index (χ1n) is 7.37. The molecule has 7 heteroatoms. The Hall–Kier alpha value is -2.57. The molecule has 0 atom stereocenters. The lowest BCUT2D eigenvalue weighted by Crippen LogP contribution is -1.96. The van der Waals surface area contributed by atoms with E-state index in [2.05, 4.69) is 16.7 Å². The molecule has 1 aromatic carbocycles. The predicted molar refractivity (Wildman–Crippen MR) is 100 cm³/mol. The zero-order valence-corrected chi connectivity index (χ0v) is 15.0. The molecule has 5 nitrogen and oxygen atoms in total. The molecular weight excluding hydrogens is 360 g/mol. The second-order valence-corrected chi connectivity index (χ2v) is 6.12. The Morgan fingerprint density at radius 2 is 2.24 bits per heavy atom. The predicted octanol–water partition coefficient (Wildman–Crippen LogP) is 5.11. The minimum Gasteiger partial charge on any atom is -0.493 e. The van der Waals surface area contributed by atoms with E-state index < -0.39 is 0 Å². The summed E-state index contributed by atoms with van der Waals surface area (Å²) in [5, 5.41) is 8.18. The number of methoxy groups -OCH3 is 1. The summed E-state index contributed by atoms with van der Waals surface area (Å²) in [5.74, 6) is 2.00. The van der Waals surface area contributed by atoms with E-state index in [1.807, 2.05) is 35.0 Å². The Kier molecular flexibility index (Phi) is 5.53. The van der Waals surface area contributed by atoms with Crippen molar-refractivity contribution in [2.75, 3.05) is 13.7 Å². The van der Waals surface area contributed by atoms with E-state index in [9.17, 15) is 0 Å². The Morgan fingerprint density at radius 1 is 1.36 bits per heavy atom. The largest absolute Gasteiger partial charge is 0.493 e. The van der Waals surface area contributed by atoms with Gasteiger partial charge in [-0.05, 0) is 35.2 Å². The van der Waals surface area contributed by atoms with E-state index in [-0.39, 0.29) is 5.89 Å². The Morgan fingerprint density at radius 3 is 2.96 bits per heavy atom. The lowest BCUT2D eigenvalue weighted by molar-refractivity contribution is 0.326. The average Bonchev–Trinajstić information content (AvgIpc) is 3.31. The number of rotatable bonds is 7. The summed E-state index contributed by atoms with van der Waals surface area (Å²) in [4.78, 5) is 4.31. The van der Waals surface area contributed by atoms with E-state index >= 15 is 0 Å². The zero-order chi connectivity index (χ0) is 17.6. The molecule has 25 heavy (non-hydrogen) atoms. The van der Waals surface area contributed by atoms with Gasteiger partial charge in [0, 0.05) is 10.9 Å². The Labute approximate surface area is 154 Å². The molecule has 0 aliphatic carbocycles. The van der Waals surface area contributed by atoms with Crippen molar-refractivity contribution in [1.29, 1.82) is 0 Å². The molecule has 2 heterocycles. The fourth-order valence-corrected chi connectivity index (χ4v) is 2.92. The summed E-state index contributed by atoms with van der Waals surface area (Å²) in [6, 6.07) is 7.41. The fourth-order valence-electron chi connectivity index (χ4n) is 2.08. The van der Waals surface area contributed by atoms with Crippen molar-refractivity contribution >= 4 is 34.0 Å². The quantitative estimate of drug-likeness (QED) is 0.538. The summed E-state index contributed by atoms with van der Waals surface area (Å²) in [6.45, 7) is 4.03. The van der Waals surface area contributed by atoms with Crippen LogP contribution in [-0.2, 0) is 0 Å². The molecule has 3 aromatic rings. The SMILES string of the molecule is C=CCOc1ccc(/C=C(\Cl)c2nc(-c3ccsc3)no2)cc1OC. The van der Waals surface area contributed by atoms with Crippen LogP contribution in [0.1, 0.15) is 11.5 Å². The number of hydrogen-bond donors (Lipinski definition) is 0. The van der Waals surface area contributed by atoms with Gasteiger partial charge in [0.1, 0.15) is 11.6 Å². The highest BCUT2D eigenvalue weighted by Gasteiger charge is 2.12. The number of aromatic nitrogens is 2. The molecule has 0 bridgehead atoms. The molecule has 0 saturated heterocycles. The molecule has 128 valence electrons. The van der Waals surface area contributed by atoms with Crippen molar-refractivity contribution in [2.24, 2.45) is 0 Å². The third kappa shape index (κ3) is 4.10. The van der Waals surface area contributed by atoms with E-state index in [1.54, 1.807) is 30.6 Å². The van der Waals surface area contributed by atoms with Crippen LogP contribution in [0.2, 0.25) is 0 Å². The number of halogens is 1. The fraction of sp³-hybridized carbons (Fsp3) is 0.111. The van der Waals surface area contributed by atoms with Crippen LogP contribution in [0.4, 0.5) is 0 Å². The minimum absolute atomic E-state index is 0.258. The van der Waals surface area contributed by atoms with Crippen molar-refractivity contribution < 1.29 is 14.0 Å². The van der Waals surface area contributed by atoms with Crippen LogP contribution < -0.4 is 9.47 Å². The third-order valence-corrected chi connectivity index (χ3v) is 4.20. The molecule has 0 spiro atoms. The summed E-state index contributed by atoms with van der Waals surface area (Å²) in [5.41, 5.74) is 1.72. The maximum Gasteiger partial charge on any atom is 0.269 e. The molecule has 0 aliphatic heterocycles. The summed E-state index contributed by atoms with van der Waals surface area (Å²) in [7, 11) is 1.58. The number of ether oxygens (including phenoxy) is 2. The normalized spacial score (nSPS) is 11.4.